The molecule has 0 saturated heterocycles. The van der Waals surface area contributed by atoms with Gasteiger partial charge < -0.3 is 5.73 Å². The van der Waals surface area contributed by atoms with Crippen LogP contribution < -0.4 is 5.73 Å². The summed E-state index contributed by atoms with van der Waals surface area (Å²) >= 11 is 5.92. The van der Waals surface area contributed by atoms with Crippen molar-refractivity contribution < 1.29 is 0 Å². The molecule has 0 amide bonds. The second kappa shape index (κ2) is 4.05. The molecule has 0 saturated carbocycles. The Balaban J connectivity index is 2.26. The summed E-state index contributed by atoms with van der Waals surface area (Å²) in [6.07, 6.45) is 1.54. The van der Waals surface area contributed by atoms with Crippen LogP contribution in [0.25, 0.3) is 0 Å². The van der Waals surface area contributed by atoms with Gasteiger partial charge in [-0.05, 0) is 16.5 Å². The van der Waals surface area contributed by atoms with Crippen LogP contribution in [0.4, 0.5) is 5.95 Å². The fraction of sp³-hybridized carbons (Fsp3) is 0. The number of rotatable bonds is 2. The quantitative estimate of drug-likeness (QED) is 0.762. The molecule has 2 aromatic rings. The van der Waals surface area contributed by atoms with E-state index in [1.165, 1.54) is 6.21 Å². The standard InChI is InChI=1S/C8H7ClN6/c9-7-4-2-1-3-6(7)5-11-15-8(10)12-13-14-15/h1-5H,(H2,10,12,14)/b11-5+. The second-order valence-electron chi connectivity index (χ2n) is 2.69. The summed E-state index contributed by atoms with van der Waals surface area (Å²) in [6.45, 7) is 0. The van der Waals surface area contributed by atoms with Crippen LogP contribution in [0.2, 0.25) is 5.02 Å². The van der Waals surface area contributed by atoms with Crippen LogP contribution in [-0.2, 0) is 0 Å². The Morgan fingerprint density at radius 1 is 1.40 bits per heavy atom. The lowest BCUT2D eigenvalue weighted by Crippen LogP contribution is -1.99. The van der Waals surface area contributed by atoms with Crippen LogP contribution >= 0.6 is 11.6 Å². The molecular weight excluding hydrogens is 216 g/mol. The lowest BCUT2D eigenvalue weighted by atomic mass is 10.2. The van der Waals surface area contributed by atoms with E-state index in [9.17, 15) is 0 Å². The maximum Gasteiger partial charge on any atom is 0.263 e. The van der Waals surface area contributed by atoms with Crippen molar-refractivity contribution in [1.82, 2.24) is 20.3 Å². The van der Waals surface area contributed by atoms with Crippen molar-refractivity contribution in [3.8, 4) is 0 Å². The first-order chi connectivity index (χ1) is 7.27. The van der Waals surface area contributed by atoms with Gasteiger partial charge in [-0.25, -0.2) is 0 Å². The topological polar surface area (TPSA) is 82.0 Å². The number of nitrogens with two attached hydrogens (primary N) is 1. The van der Waals surface area contributed by atoms with Crippen LogP contribution in [-0.4, -0.2) is 26.5 Å². The van der Waals surface area contributed by atoms with Gasteiger partial charge in [0.15, 0.2) is 0 Å². The Morgan fingerprint density at radius 2 is 2.20 bits per heavy atom. The molecule has 0 atom stereocenters. The Kier molecular flexibility index (Phi) is 2.59. The molecule has 1 aromatic heterocycles. The Morgan fingerprint density at radius 3 is 2.87 bits per heavy atom. The maximum absolute atomic E-state index is 5.92. The number of anilines is 1. The number of nitrogens with zero attached hydrogens (tertiary/aromatic N) is 5. The molecule has 0 aliphatic rings. The lowest BCUT2D eigenvalue weighted by molar-refractivity contribution is 0.699. The van der Waals surface area contributed by atoms with Gasteiger partial charge in [0.1, 0.15) is 0 Å². The second-order valence-corrected chi connectivity index (χ2v) is 3.10. The van der Waals surface area contributed by atoms with Gasteiger partial charge in [-0.2, -0.15) is 5.10 Å². The van der Waals surface area contributed by atoms with E-state index in [0.717, 1.165) is 10.4 Å². The van der Waals surface area contributed by atoms with E-state index in [1.807, 2.05) is 18.2 Å². The van der Waals surface area contributed by atoms with Crippen molar-refractivity contribution in [1.29, 1.82) is 0 Å². The third-order valence-electron chi connectivity index (χ3n) is 1.69. The molecule has 7 heteroatoms. The predicted octanol–water partition coefficient (Wildman–Crippen LogP) is 0.791. The monoisotopic (exact) mass is 222 g/mol. The predicted molar refractivity (Wildman–Crippen MR) is 56.7 cm³/mol. The maximum atomic E-state index is 5.92. The minimum absolute atomic E-state index is 0.123. The highest BCUT2D eigenvalue weighted by Gasteiger charge is 1.98. The zero-order valence-electron chi connectivity index (χ0n) is 7.58. The number of hydrogen-bond acceptors (Lipinski definition) is 5. The smallest absolute Gasteiger partial charge is 0.263 e. The molecule has 0 spiro atoms. The van der Waals surface area contributed by atoms with Crippen LogP contribution in [0.3, 0.4) is 0 Å². The highest BCUT2D eigenvalue weighted by molar-refractivity contribution is 6.33. The van der Waals surface area contributed by atoms with Gasteiger partial charge in [-0.3, -0.25) is 0 Å². The molecule has 15 heavy (non-hydrogen) atoms. The summed E-state index contributed by atoms with van der Waals surface area (Å²) in [6, 6.07) is 7.29. The molecule has 0 fully saturated rings. The molecule has 0 bridgehead atoms. The SMILES string of the molecule is Nc1nnnn1/N=C/c1ccccc1Cl. The molecule has 0 radical (unpaired) electrons. The number of halogens is 1. The molecular formula is C8H7ClN6. The average Bonchev–Trinajstić information content (AvgIpc) is 2.63. The molecule has 6 nitrogen and oxygen atoms in total. The molecule has 1 aromatic carbocycles. The Bertz CT molecular complexity index is 491. The van der Waals surface area contributed by atoms with Crippen LogP contribution in [0, 0.1) is 0 Å². The van der Waals surface area contributed by atoms with Crippen molar-refractivity contribution in [3.63, 3.8) is 0 Å². The molecule has 0 aliphatic carbocycles. The van der Waals surface area contributed by atoms with Crippen molar-refractivity contribution in [3.05, 3.63) is 34.9 Å². The summed E-state index contributed by atoms with van der Waals surface area (Å²) in [7, 11) is 0. The molecule has 0 unspecified atom stereocenters. The number of hydrogen-bond donors (Lipinski definition) is 1. The third-order valence-corrected chi connectivity index (χ3v) is 2.03. The highest BCUT2D eigenvalue weighted by atomic mass is 35.5. The number of aromatic nitrogens is 4. The van der Waals surface area contributed by atoms with Gasteiger partial charge in [0, 0.05) is 10.6 Å². The molecule has 2 rings (SSSR count). The van der Waals surface area contributed by atoms with Gasteiger partial charge >= 0.3 is 0 Å². The molecule has 2 N–H and O–H groups in total. The number of tetrazole rings is 1. The summed E-state index contributed by atoms with van der Waals surface area (Å²) in [5.41, 5.74) is 6.20. The summed E-state index contributed by atoms with van der Waals surface area (Å²) in [5.74, 6) is 0.123. The Labute approximate surface area is 90.3 Å². The van der Waals surface area contributed by atoms with Gasteiger partial charge in [0.05, 0.1) is 6.21 Å². The van der Waals surface area contributed by atoms with Gasteiger partial charge in [0.2, 0.25) is 0 Å². The largest absolute Gasteiger partial charge is 0.365 e. The fourth-order valence-corrected chi connectivity index (χ4v) is 1.15. The van der Waals surface area contributed by atoms with Crippen molar-refractivity contribution in [2.75, 3.05) is 5.73 Å². The molecule has 0 aliphatic heterocycles. The zero-order chi connectivity index (χ0) is 10.7. The minimum Gasteiger partial charge on any atom is -0.365 e. The third kappa shape index (κ3) is 2.10. The van der Waals surface area contributed by atoms with E-state index in [-0.39, 0.29) is 5.95 Å². The van der Waals surface area contributed by atoms with Crippen molar-refractivity contribution in [2.45, 2.75) is 0 Å². The van der Waals surface area contributed by atoms with Crippen LogP contribution in [0.15, 0.2) is 29.4 Å². The fourth-order valence-electron chi connectivity index (χ4n) is 0.968. The van der Waals surface area contributed by atoms with Gasteiger partial charge in [-0.1, -0.05) is 39.7 Å². The number of nitrogen functional groups attached to an aromatic ring is 1. The van der Waals surface area contributed by atoms with E-state index in [4.69, 9.17) is 17.3 Å². The molecule has 1 heterocycles. The lowest BCUT2D eigenvalue weighted by Gasteiger charge is -1.95. The van der Waals surface area contributed by atoms with Crippen LogP contribution in [0.1, 0.15) is 5.56 Å². The normalized spacial score (nSPS) is 11.0. The van der Waals surface area contributed by atoms with E-state index < -0.39 is 0 Å². The first kappa shape index (κ1) is 9.60. The summed E-state index contributed by atoms with van der Waals surface area (Å²) in [5, 5.41) is 14.9. The van der Waals surface area contributed by atoms with Crippen LogP contribution in [0.5, 0.6) is 0 Å². The van der Waals surface area contributed by atoms with E-state index in [2.05, 4.69) is 20.6 Å². The van der Waals surface area contributed by atoms with Crippen molar-refractivity contribution >= 4 is 23.8 Å². The first-order valence-corrected chi connectivity index (χ1v) is 4.48. The van der Waals surface area contributed by atoms with Crippen molar-refractivity contribution in [2.24, 2.45) is 5.10 Å². The zero-order valence-corrected chi connectivity index (χ0v) is 8.33. The van der Waals surface area contributed by atoms with Gasteiger partial charge in [0.25, 0.3) is 5.95 Å². The summed E-state index contributed by atoms with van der Waals surface area (Å²) in [4.78, 5) is 1.11. The van der Waals surface area contributed by atoms with Gasteiger partial charge in [-0.15, -0.1) is 0 Å². The minimum atomic E-state index is 0.123. The Hall–Kier alpha value is -1.95. The first-order valence-electron chi connectivity index (χ1n) is 4.10. The van der Waals surface area contributed by atoms with E-state index in [0.29, 0.717) is 5.02 Å². The van der Waals surface area contributed by atoms with E-state index >= 15 is 0 Å². The molecule has 76 valence electrons. The summed E-state index contributed by atoms with van der Waals surface area (Å²) < 4.78 is 0. The average molecular weight is 223 g/mol. The highest BCUT2D eigenvalue weighted by Crippen LogP contribution is 2.12. The number of benzene rings is 1. The van der Waals surface area contributed by atoms with E-state index in [1.54, 1.807) is 6.07 Å².